The molecular weight excluding hydrogens is 258 g/mol. The van der Waals surface area contributed by atoms with Crippen molar-refractivity contribution in [1.29, 1.82) is 0 Å². The maximum atomic E-state index is 4.80. The zero-order chi connectivity index (χ0) is 14.7. The summed E-state index contributed by atoms with van der Waals surface area (Å²) in [5, 5.41) is 1.23. The van der Waals surface area contributed by atoms with Crippen LogP contribution in [0.1, 0.15) is 25.0 Å². The topological polar surface area (TPSA) is 19.4 Å². The quantitative estimate of drug-likeness (QED) is 0.862. The summed E-state index contributed by atoms with van der Waals surface area (Å²) in [4.78, 5) is 9.73. The molecule has 1 saturated heterocycles. The first-order valence-electron chi connectivity index (χ1n) is 7.96. The Labute approximate surface area is 127 Å². The summed E-state index contributed by atoms with van der Waals surface area (Å²) in [6.07, 6.45) is 3.87. The summed E-state index contributed by atoms with van der Waals surface area (Å²) in [5.74, 6) is 0. The number of rotatable bonds is 3. The third kappa shape index (κ3) is 3.60. The van der Waals surface area contributed by atoms with E-state index in [0.29, 0.717) is 0 Å². The molecule has 0 bridgehead atoms. The fourth-order valence-electron chi connectivity index (χ4n) is 3.24. The van der Waals surface area contributed by atoms with Gasteiger partial charge in [-0.25, -0.2) is 0 Å². The van der Waals surface area contributed by atoms with E-state index in [4.69, 9.17) is 4.98 Å². The van der Waals surface area contributed by atoms with Crippen molar-refractivity contribution in [3.8, 4) is 0 Å². The van der Waals surface area contributed by atoms with Crippen LogP contribution in [0, 0.1) is 0 Å². The lowest BCUT2D eigenvalue weighted by molar-refractivity contribution is 0.244. The molecule has 1 aliphatic rings. The van der Waals surface area contributed by atoms with E-state index in [0.717, 1.165) is 18.1 Å². The lowest BCUT2D eigenvalue weighted by atomic mass is 10.1. The van der Waals surface area contributed by atoms with Crippen LogP contribution in [0.2, 0.25) is 0 Å². The summed E-state index contributed by atoms with van der Waals surface area (Å²) >= 11 is 0. The van der Waals surface area contributed by atoms with Crippen LogP contribution in [0.4, 0.5) is 0 Å². The summed E-state index contributed by atoms with van der Waals surface area (Å²) in [6.45, 7) is 3.35. The van der Waals surface area contributed by atoms with Gasteiger partial charge in [-0.2, -0.15) is 0 Å². The molecule has 0 spiro atoms. The molecule has 1 fully saturated rings. The minimum atomic E-state index is 0.736. The number of para-hydroxylation sites is 1. The van der Waals surface area contributed by atoms with Gasteiger partial charge in [0.05, 0.1) is 11.2 Å². The van der Waals surface area contributed by atoms with E-state index >= 15 is 0 Å². The van der Waals surface area contributed by atoms with Crippen LogP contribution in [-0.4, -0.2) is 48.0 Å². The fraction of sp³-hybridized carbons (Fsp3) is 0.500. The Bertz CT molecular complexity index is 594. The van der Waals surface area contributed by atoms with Gasteiger partial charge in [0.1, 0.15) is 0 Å². The zero-order valence-corrected chi connectivity index (χ0v) is 13.1. The molecule has 0 aliphatic carbocycles. The van der Waals surface area contributed by atoms with Crippen LogP contribution in [0.25, 0.3) is 10.9 Å². The first-order chi connectivity index (χ1) is 10.2. The van der Waals surface area contributed by atoms with E-state index in [1.54, 1.807) is 0 Å². The number of nitrogens with zero attached hydrogens (tertiary/aromatic N) is 3. The van der Waals surface area contributed by atoms with Gasteiger partial charge in [0.2, 0.25) is 0 Å². The maximum absolute atomic E-state index is 4.80. The van der Waals surface area contributed by atoms with E-state index in [-0.39, 0.29) is 0 Å². The molecule has 21 heavy (non-hydrogen) atoms. The minimum Gasteiger partial charge on any atom is -0.306 e. The molecule has 1 atom stereocenters. The lowest BCUT2D eigenvalue weighted by Gasteiger charge is -2.23. The van der Waals surface area contributed by atoms with Gasteiger partial charge in [-0.3, -0.25) is 9.88 Å². The van der Waals surface area contributed by atoms with Crippen molar-refractivity contribution in [2.45, 2.75) is 31.8 Å². The SMILES string of the molecule is CN(C)C1CCCN(Cc2ccc3ccccc3n2)CC1. The summed E-state index contributed by atoms with van der Waals surface area (Å²) in [5.41, 5.74) is 2.30. The standard InChI is InChI=1S/C18H25N3/c1-20(2)17-7-5-12-21(13-11-17)14-16-10-9-15-6-3-4-8-18(15)19-16/h3-4,6,8-10,17H,5,7,11-14H2,1-2H3. The third-order valence-electron chi connectivity index (χ3n) is 4.56. The Kier molecular flexibility index (Phi) is 4.51. The van der Waals surface area contributed by atoms with E-state index < -0.39 is 0 Å². The number of pyridine rings is 1. The highest BCUT2D eigenvalue weighted by Crippen LogP contribution is 2.17. The molecule has 0 saturated carbocycles. The summed E-state index contributed by atoms with van der Waals surface area (Å²) in [7, 11) is 4.40. The molecule has 0 N–H and O–H groups in total. The molecule has 112 valence electrons. The smallest absolute Gasteiger partial charge is 0.0705 e. The molecule has 2 heterocycles. The van der Waals surface area contributed by atoms with Crippen molar-refractivity contribution in [2.24, 2.45) is 0 Å². The van der Waals surface area contributed by atoms with Crippen molar-refractivity contribution in [3.05, 3.63) is 42.1 Å². The van der Waals surface area contributed by atoms with Crippen molar-refractivity contribution < 1.29 is 0 Å². The summed E-state index contributed by atoms with van der Waals surface area (Å²) in [6, 6.07) is 13.5. The van der Waals surface area contributed by atoms with Crippen molar-refractivity contribution in [2.75, 3.05) is 27.2 Å². The first kappa shape index (κ1) is 14.5. The predicted octanol–water partition coefficient (Wildman–Crippen LogP) is 3.15. The van der Waals surface area contributed by atoms with Crippen LogP contribution in [0.15, 0.2) is 36.4 Å². The number of fused-ring (bicyclic) bond motifs is 1. The normalized spacial score (nSPS) is 20.8. The van der Waals surface area contributed by atoms with Crippen LogP contribution >= 0.6 is 0 Å². The number of benzene rings is 1. The molecule has 3 rings (SSSR count). The molecule has 1 unspecified atom stereocenters. The predicted molar refractivity (Wildman–Crippen MR) is 88.3 cm³/mol. The molecule has 3 nitrogen and oxygen atoms in total. The number of hydrogen-bond acceptors (Lipinski definition) is 3. The number of aromatic nitrogens is 1. The number of likely N-dealkylation sites (tertiary alicyclic amines) is 1. The second-order valence-electron chi connectivity index (χ2n) is 6.32. The molecule has 1 aromatic carbocycles. The van der Waals surface area contributed by atoms with Crippen molar-refractivity contribution >= 4 is 10.9 Å². The fourth-order valence-corrected chi connectivity index (χ4v) is 3.24. The molecular formula is C18H25N3. The van der Waals surface area contributed by atoms with Crippen LogP contribution < -0.4 is 0 Å². The molecule has 1 aromatic heterocycles. The lowest BCUT2D eigenvalue weighted by Crippen LogP contribution is -2.30. The van der Waals surface area contributed by atoms with E-state index in [2.05, 4.69) is 60.3 Å². The van der Waals surface area contributed by atoms with Gasteiger partial charge in [-0.1, -0.05) is 24.3 Å². The average molecular weight is 283 g/mol. The Morgan fingerprint density at radius 2 is 1.95 bits per heavy atom. The van der Waals surface area contributed by atoms with Crippen LogP contribution in [-0.2, 0) is 6.54 Å². The Morgan fingerprint density at radius 3 is 2.81 bits per heavy atom. The highest BCUT2D eigenvalue weighted by Gasteiger charge is 2.18. The average Bonchev–Trinajstić information content (AvgIpc) is 2.73. The van der Waals surface area contributed by atoms with Gasteiger partial charge in [0.15, 0.2) is 0 Å². The summed E-state index contributed by atoms with van der Waals surface area (Å²) < 4.78 is 0. The van der Waals surface area contributed by atoms with Gasteiger partial charge in [0.25, 0.3) is 0 Å². The Morgan fingerprint density at radius 1 is 1.10 bits per heavy atom. The van der Waals surface area contributed by atoms with Gasteiger partial charge in [-0.15, -0.1) is 0 Å². The van der Waals surface area contributed by atoms with Gasteiger partial charge < -0.3 is 4.90 Å². The minimum absolute atomic E-state index is 0.736. The van der Waals surface area contributed by atoms with Crippen LogP contribution in [0.5, 0.6) is 0 Å². The second-order valence-corrected chi connectivity index (χ2v) is 6.32. The monoisotopic (exact) mass is 283 g/mol. The van der Waals surface area contributed by atoms with E-state index in [1.807, 2.05) is 0 Å². The van der Waals surface area contributed by atoms with Gasteiger partial charge in [-0.05, 0) is 52.0 Å². The molecule has 0 amide bonds. The highest BCUT2D eigenvalue weighted by molar-refractivity contribution is 5.78. The maximum Gasteiger partial charge on any atom is 0.0705 e. The molecule has 1 aliphatic heterocycles. The zero-order valence-electron chi connectivity index (χ0n) is 13.1. The number of hydrogen-bond donors (Lipinski definition) is 0. The molecule has 3 heteroatoms. The van der Waals surface area contributed by atoms with Gasteiger partial charge in [0, 0.05) is 24.5 Å². The van der Waals surface area contributed by atoms with Crippen LogP contribution in [0.3, 0.4) is 0 Å². The molecule has 2 aromatic rings. The van der Waals surface area contributed by atoms with Crippen molar-refractivity contribution in [1.82, 2.24) is 14.8 Å². The van der Waals surface area contributed by atoms with E-state index in [9.17, 15) is 0 Å². The Hall–Kier alpha value is -1.45. The van der Waals surface area contributed by atoms with Gasteiger partial charge >= 0.3 is 0 Å². The Balaban J connectivity index is 1.67. The molecule has 0 radical (unpaired) electrons. The highest BCUT2D eigenvalue weighted by atomic mass is 15.2. The van der Waals surface area contributed by atoms with E-state index in [1.165, 1.54) is 43.4 Å². The largest absolute Gasteiger partial charge is 0.306 e. The van der Waals surface area contributed by atoms with Crippen molar-refractivity contribution in [3.63, 3.8) is 0 Å². The third-order valence-corrected chi connectivity index (χ3v) is 4.56. The second kappa shape index (κ2) is 6.54. The first-order valence-corrected chi connectivity index (χ1v) is 7.96.